The lowest BCUT2D eigenvalue weighted by atomic mass is 10.0. The summed E-state index contributed by atoms with van der Waals surface area (Å²) >= 11 is 6.05. The van der Waals surface area contributed by atoms with Crippen molar-refractivity contribution in [1.82, 2.24) is 5.16 Å². The van der Waals surface area contributed by atoms with Gasteiger partial charge < -0.3 is 19.7 Å². The predicted octanol–water partition coefficient (Wildman–Crippen LogP) is 3.16. The normalized spacial score (nSPS) is 10.8. The predicted molar refractivity (Wildman–Crippen MR) is 78.1 cm³/mol. The standard InChI is InChI=1S/C14H17ClN2O3/c1-3-19-7-6-11-13(14(16)20-17-11)10-8-9(15)4-5-12(10)18-2/h4-5,8H,3,6-7,16H2,1-2H3. The fraction of sp³-hybridized carbons (Fsp3) is 0.357. The van der Waals surface area contributed by atoms with Crippen LogP contribution in [-0.4, -0.2) is 25.5 Å². The third-order valence-electron chi connectivity index (χ3n) is 2.91. The highest BCUT2D eigenvalue weighted by Gasteiger charge is 2.19. The van der Waals surface area contributed by atoms with Gasteiger partial charge in [0.2, 0.25) is 5.88 Å². The van der Waals surface area contributed by atoms with E-state index in [0.29, 0.717) is 36.0 Å². The number of nitrogens with zero attached hydrogens (tertiary/aromatic N) is 1. The number of aromatic nitrogens is 1. The van der Waals surface area contributed by atoms with Crippen LogP contribution in [0.25, 0.3) is 11.1 Å². The molecule has 108 valence electrons. The fourth-order valence-corrected chi connectivity index (χ4v) is 2.16. The minimum Gasteiger partial charge on any atom is -0.496 e. The van der Waals surface area contributed by atoms with E-state index >= 15 is 0 Å². The lowest BCUT2D eigenvalue weighted by molar-refractivity contribution is 0.149. The highest BCUT2D eigenvalue weighted by atomic mass is 35.5. The van der Waals surface area contributed by atoms with Crippen molar-refractivity contribution in [2.45, 2.75) is 13.3 Å². The van der Waals surface area contributed by atoms with Crippen LogP contribution in [0.3, 0.4) is 0 Å². The monoisotopic (exact) mass is 296 g/mol. The van der Waals surface area contributed by atoms with Crippen LogP contribution in [0.1, 0.15) is 12.6 Å². The van der Waals surface area contributed by atoms with Gasteiger partial charge >= 0.3 is 0 Å². The SMILES string of the molecule is CCOCCc1noc(N)c1-c1cc(Cl)ccc1OC. The molecule has 2 rings (SSSR count). The first-order chi connectivity index (χ1) is 9.67. The molecule has 0 aliphatic heterocycles. The number of nitrogen functional groups attached to an aromatic ring is 1. The third-order valence-corrected chi connectivity index (χ3v) is 3.14. The quantitative estimate of drug-likeness (QED) is 0.829. The molecule has 0 radical (unpaired) electrons. The average molecular weight is 297 g/mol. The van der Waals surface area contributed by atoms with Crippen molar-refractivity contribution in [2.75, 3.05) is 26.1 Å². The molecule has 0 aliphatic carbocycles. The Balaban J connectivity index is 2.41. The van der Waals surface area contributed by atoms with E-state index in [-0.39, 0.29) is 5.88 Å². The molecule has 0 fully saturated rings. The van der Waals surface area contributed by atoms with Gasteiger partial charge in [0.25, 0.3) is 0 Å². The van der Waals surface area contributed by atoms with Crippen molar-refractivity contribution in [3.05, 3.63) is 28.9 Å². The Hall–Kier alpha value is -1.72. The number of hydrogen-bond donors (Lipinski definition) is 1. The second-order valence-electron chi connectivity index (χ2n) is 4.16. The summed E-state index contributed by atoms with van der Waals surface area (Å²) in [5.41, 5.74) is 8.10. The molecule has 0 aliphatic rings. The molecule has 5 nitrogen and oxygen atoms in total. The van der Waals surface area contributed by atoms with Crippen LogP contribution in [0.15, 0.2) is 22.7 Å². The lowest BCUT2D eigenvalue weighted by Crippen LogP contribution is -2.00. The Morgan fingerprint density at radius 3 is 2.90 bits per heavy atom. The molecule has 2 aromatic rings. The van der Waals surface area contributed by atoms with E-state index in [1.54, 1.807) is 25.3 Å². The van der Waals surface area contributed by atoms with E-state index in [0.717, 1.165) is 11.3 Å². The van der Waals surface area contributed by atoms with Gasteiger partial charge in [0.1, 0.15) is 5.75 Å². The van der Waals surface area contributed by atoms with Crippen molar-refractivity contribution in [1.29, 1.82) is 0 Å². The van der Waals surface area contributed by atoms with Crippen LogP contribution in [-0.2, 0) is 11.2 Å². The summed E-state index contributed by atoms with van der Waals surface area (Å²) in [6.45, 7) is 3.15. The zero-order chi connectivity index (χ0) is 14.5. The maximum Gasteiger partial charge on any atom is 0.230 e. The molecule has 0 saturated heterocycles. The third kappa shape index (κ3) is 3.05. The number of hydrogen-bond acceptors (Lipinski definition) is 5. The second kappa shape index (κ2) is 6.63. The van der Waals surface area contributed by atoms with Gasteiger partial charge in [0, 0.05) is 23.6 Å². The summed E-state index contributed by atoms with van der Waals surface area (Å²) < 4.78 is 15.8. The van der Waals surface area contributed by atoms with Crippen LogP contribution in [0.4, 0.5) is 5.88 Å². The van der Waals surface area contributed by atoms with Crippen LogP contribution in [0.2, 0.25) is 5.02 Å². The van der Waals surface area contributed by atoms with E-state index in [1.807, 2.05) is 6.92 Å². The van der Waals surface area contributed by atoms with Gasteiger partial charge in [0.05, 0.1) is 25.0 Å². The van der Waals surface area contributed by atoms with Crippen LogP contribution < -0.4 is 10.5 Å². The minimum atomic E-state index is 0.247. The maximum atomic E-state index is 6.05. The maximum absolute atomic E-state index is 6.05. The van der Waals surface area contributed by atoms with Crippen molar-refractivity contribution in [3.8, 4) is 16.9 Å². The lowest BCUT2D eigenvalue weighted by Gasteiger charge is -2.09. The van der Waals surface area contributed by atoms with Crippen LogP contribution >= 0.6 is 11.6 Å². The molecule has 6 heteroatoms. The van der Waals surface area contributed by atoms with Gasteiger partial charge in [-0.1, -0.05) is 16.8 Å². The smallest absolute Gasteiger partial charge is 0.230 e. The van der Waals surface area contributed by atoms with E-state index in [9.17, 15) is 0 Å². The molecule has 0 spiro atoms. The number of nitrogens with two attached hydrogens (primary N) is 1. The first-order valence-electron chi connectivity index (χ1n) is 6.33. The van der Waals surface area contributed by atoms with Gasteiger partial charge in [-0.05, 0) is 25.1 Å². The molecule has 0 amide bonds. The second-order valence-corrected chi connectivity index (χ2v) is 4.60. The fourth-order valence-electron chi connectivity index (χ4n) is 1.99. The molecular formula is C14H17ClN2O3. The number of anilines is 1. The van der Waals surface area contributed by atoms with Gasteiger partial charge in [0.15, 0.2) is 0 Å². The Labute approximate surface area is 122 Å². The number of methoxy groups -OCH3 is 1. The van der Waals surface area contributed by atoms with Crippen molar-refractivity contribution in [3.63, 3.8) is 0 Å². The Morgan fingerprint density at radius 2 is 2.20 bits per heavy atom. The number of benzene rings is 1. The Kier molecular flexibility index (Phi) is 4.87. The summed E-state index contributed by atoms with van der Waals surface area (Å²) in [4.78, 5) is 0. The molecule has 0 atom stereocenters. The summed E-state index contributed by atoms with van der Waals surface area (Å²) in [7, 11) is 1.59. The number of rotatable bonds is 6. The van der Waals surface area contributed by atoms with Crippen molar-refractivity contribution < 1.29 is 14.0 Å². The van der Waals surface area contributed by atoms with Gasteiger partial charge in [-0.25, -0.2) is 0 Å². The molecule has 2 N–H and O–H groups in total. The number of ether oxygens (including phenoxy) is 2. The first-order valence-corrected chi connectivity index (χ1v) is 6.70. The minimum absolute atomic E-state index is 0.247. The molecule has 0 saturated carbocycles. The zero-order valence-electron chi connectivity index (χ0n) is 11.5. The first kappa shape index (κ1) is 14.7. The summed E-state index contributed by atoms with van der Waals surface area (Å²) in [6, 6.07) is 5.33. The largest absolute Gasteiger partial charge is 0.496 e. The molecule has 0 unspecified atom stereocenters. The Morgan fingerprint density at radius 1 is 1.40 bits per heavy atom. The molecule has 0 bridgehead atoms. The topological polar surface area (TPSA) is 70.5 Å². The van der Waals surface area contributed by atoms with Gasteiger partial charge in [-0.3, -0.25) is 0 Å². The molecule has 20 heavy (non-hydrogen) atoms. The van der Waals surface area contributed by atoms with E-state index < -0.39 is 0 Å². The van der Waals surface area contributed by atoms with Crippen molar-refractivity contribution in [2.24, 2.45) is 0 Å². The zero-order valence-corrected chi connectivity index (χ0v) is 12.2. The van der Waals surface area contributed by atoms with E-state index in [1.165, 1.54) is 0 Å². The Bertz CT molecular complexity index is 584. The van der Waals surface area contributed by atoms with E-state index in [2.05, 4.69) is 5.16 Å². The highest BCUT2D eigenvalue weighted by Crippen LogP contribution is 2.38. The van der Waals surface area contributed by atoms with Crippen molar-refractivity contribution >= 4 is 17.5 Å². The molecule has 1 heterocycles. The van der Waals surface area contributed by atoms with Gasteiger partial charge in [-0.15, -0.1) is 0 Å². The number of halogens is 1. The average Bonchev–Trinajstić information content (AvgIpc) is 2.80. The van der Waals surface area contributed by atoms with Crippen LogP contribution in [0.5, 0.6) is 5.75 Å². The summed E-state index contributed by atoms with van der Waals surface area (Å²) in [5.74, 6) is 0.916. The summed E-state index contributed by atoms with van der Waals surface area (Å²) in [6.07, 6.45) is 0.611. The summed E-state index contributed by atoms with van der Waals surface area (Å²) in [5, 5.41) is 4.58. The van der Waals surface area contributed by atoms with Gasteiger partial charge in [-0.2, -0.15) is 0 Å². The van der Waals surface area contributed by atoms with E-state index in [4.69, 9.17) is 31.3 Å². The molecular weight excluding hydrogens is 280 g/mol. The molecule has 1 aromatic carbocycles. The van der Waals surface area contributed by atoms with Crippen LogP contribution in [0, 0.1) is 0 Å². The molecule has 1 aromatic heterocycles. The highest BCUT2D eigenvalue weighted by molar-refractivity contribution is 6.31.